The summed E-state index contributed by atoms with van der Waals surface area (Å²) in [5, 5.41) is 0. The number of halogens is 8. The summed E-state index contributed by atoms with van der Waals surface area (Å²) in [4.78, 5) is 11.1. The number of hydrogen-bond donors (Lipinski definition) is 1. The summed E-state index contributed by atoms with van der Waals surface area (Å²) in [6.07, 6.45) is -10.5. The van der Waals surface area contributed by atoms with Gasteiger partial charge in [0.25, 0.3) is 0 Å². The van der Waals surface area contributed by atoms with Gasteiger partial charge in [0, 0.05) is 0 Å². The Morgan fingerprint density at radius 3 is 1.75 bits per heavy atom. The zero-order chi connectivity index (χ0) is 18.9. The van der Waals surface area contributed by atoms with Crippen LogP contribution in [0.2, 0.25) is 0 Å². The average Bonchev–Trinajstić information content (AvgIpc) is 2.44. The summed E-state index contributed by atoms with van der Waals surface area (Å²) < 4.78 is 108. The molecule has 0 radical (unpaired) electrons. The fourth-order valence-electron chi connectivity index (χ4n) is 1.72. The Hall–Kier alpha value is -1.91. The van der Waals surface area contributed by atoms with Gasteiger partial charge in [-0.15, -0.1) is 0 Å². The SMILES string of the molecule is CCOC(=O)C(F)(F)[C@@H](N)c1cc(C(F)(F)F)cc(C(F)(F)F)c1. The van der Waals surface area contributed by atoms with Gasteiger partial charge in [-0.1, -0.05) is 0 Å². The van der Waals surface area contributed by atoms with Gasteiger partial charge in [-0.05, 0) is 30.7 Å². The van der Waals surface area contributed by atoms with Crippen molar-refractivity contribution in [3.63, 3.8) is 0 Å². The molecule has 0 bridgehead atoms. The number of carbonyl (C=O) groups is 1. The summed E-state index contributed by atoms with van der Waals surface area (Å²) in [5.74, 6) is -6.66. The van der Waals surface area contributed by atoms with Gasteiger partial charge in [-0.2, -0.15) is 35.1 Å². The quantitative estimate of drug-likeness (QED) is 0.650. The summed E-state index contributed by atoms with van der Waals surface area (Å²) in [6, 6.07) is -2.92. The zero-order valence-electron chi connectivity index (χ0n) is 11.9. The first-order chi connectivity index (χ1) is 10.7. The van der Waals surface area contributed by atoms with Gasteiger partial charge in [0.2, 0.25) is 0 Å². The molecule has 11 heteroatoms. The fraction of sp³-hybridized carbons (Fsp3) is 0.462. The number of carbonyl (C=O) groups excluding carboxylic acids is 1. The van der Waals surface area contributed by atoms with Crippen LogP contribution in [0.25, 0.3) is 0 Å². The lowest BCUT2D eigenvalue weighted by molar-refractivity contribution is -0.174. The van der Waals surface area contributed by atoms with E-state index in [1.807, 2.05) is 0 Å². The lowest BCUT2D eigenvalue weighted by Gasteiger charge is -2.23. The van der Waals surface area contributed by atoms with E-state index in [9.17, 15) is 39.9 Å². The van der Waals surface area contributed by atoms with Crippen molar-refractivity contribution in [3.05, 3.63) is 34.9 Å². The van der Waals surface area contributed by atoms with Crippen molar-refractivity contribution in [1.82, 2.24) is 0 Å². The van der Waals surface area contributed by atoms with Gasteiger partial charge in [0.1, 0.15) is 6.04 Å². The maximum atomic E-state index is 13.8. The van der Waals surface area contributed by atoms with E-state index in [-0.39, 0.29) is 18.2 Å². The average molecular weight is 365 g/mol. The lowest BCUT2D eigenvalue weighted by atomic mass is 9.96. The molecule has 0 unspecified atom stereocenters. The Bertz CT molecular complexity index is 577. The fourth-order valence-corrected chi connectivity index (χ4v) is 1.72. The normalized spacial score (nSPS) is 14.4. The Balaban J connectivity index is 3.44. The molecule has 1 aromatic rings. The maximum absolute atomic E-state index is 13.8. The number of esters is 1. The van der Waals surface area contributed by atoms with Crippen molar-refractivity contribution in [1.29, 1.82) is 0 Å². The third-order valence-corrected chi connectivity index (χ3v) is 2.91. The Kier molecular flexibility index (Phi) is 5.48. The van der Waals surface area contributed by atoms with Gasteiger partial charge in [-0.25, -0.2) is 4.79 Å². The van der Waals surface area contributed by atoms with E-state index in [1.54, 1.807) is 0 Å². The number of alkyl halides is 8. The van der Waals surface area contributed by atoms with Crippen LogP contribution in [0, 0.1) is 0 Å². The highest BCUT2D eigenvalue weighted by molar-refractivity contribution is 5.79. The molecule has 0 aliphatic heterocycles. The molecular formula is C13H11F8NO2. The molecule has 0 spiro atoms. The number of ether oxygens (including phenoxy) is 1. The van der Waals surface area contributed by atoms with Gasteiger partial charge >= 0.3 is 24.2 Å². The number of hydrogen-bond acceptors (Lipinski definition) is 3. The molecule has 0 aliphatic carbocycles. The van der Waals surface area contributed by atoms with Crippen LogP contribution in [0.5, 0.6) is 0 Å². The Morgan fingerprint density at radius 2 is 1.42 bits per heavy atom. The highest BCUT2D eigenvalue weighted by Gasteiger charge is 2.49. The predicted octanol–water partition coefficient (Wildman–Crippen LogP) is 3.92. The molecule has 1 aromatic carbocycles. The molecule has 0 saturated heterocycles. The topological polar surface area (TPSA) is 52.3 Å². The minimum atomic E-state index is -5.23. The second-order valence-corrected chi connectivity index (χ2v) is 4.66. The smallest absolute Gasteiger partial charge is 0.416 e. The molecule has 0 heterocycles. The van der Waals surface area contributed by atoms with Gasteiger partial charge in [0.15, 0.2) is 0 Å². The first kappa shape index (κ1) is 20.1. The van der Waals surface area contributed by atoms with Crippen molar-refractivity contribution in [3.8, 4) is 0 Å². The monoisotopic (exact) mass is 365 g/mol. The summed E-state index contributed by atoms with van der Waals surface area (Å²) >= 11 is 0. The van der Waals surface area contributed by atoms with Crippen LogP contribution in [0.15, 0.2) is 18.2 Å². The lowest BCUT2D eigenvalue weighted by Crippen LogP contribution is -2.42. The molecule has 0 aromatic heterocycles. The van der Waals surface area contributed by atoms with E-state index >= 15 is 0 Å². The van der Waals surface area contributed by atoms with E-state index < -0.39 is 53.6 Å². The molecule has 1 rings (SSSR count). The third-order valence-electron chi connectivity index (χ3n) is 2.91. The van der Waals surface area contributed by atoms with Crippen LogP contribution in [-0.4, -0.2) is 18.5 Å². The van der Waals surface area contributed by atoms with Crippen molar-refractivity contribution < 1.29 is 44.7 Å². The highest BCUT2D eigenvalue weighted by atomic mass is 19.4. The predicted molar refractivity (Wildman–Crippen MR) is 65.0 cm³/mol. The van der Waals surface area contributed by atoms with Crippen molar-refractivity contribution in [2.45, 2.75) is 31.2 Å². The molecule has 0 aliphatic rings. The minimum Gasteiger partial charge on any atom is -0.462 e. The van der Waals surface area contributed by atoms with Crippen molar-refractivity contribution >= 4 is 5.97 Å². The number of nitrogens with two attached hydrogens (primary N) is 1. The molecule has 136 valence electrons. The molecular weight excluding hydrogens is 354 g/mol. The first-order valence-corrected chi connectivity index (χ1v) is 6.31. The van der Waals surface area contributed by atoms with E-state index in [2.05, 4.69) is 4.74 Å². The van der Waals surface area contributed by atoms with E-state index in [0.717, 1.165) is 0 Å². The number of rotatable bonds is 4. The Morgan fingerprint density at radius 1 is 1.00 bits per heavy atom. The largest absolute Gasteiger partial charge is 0.462 e. The Labute approximate surface area is 130 Å². The van der Waals surface area contributed by atoms with Crippen LogP contribution in [0.3, 0.4) is 0 Å². The van der Waals surface area contributed by atoms with Gasteiger partial charge in [-0.3, -0.25) is 0 Å². The molecule has 24 heavy (non-hydrogen) atoms. The molecule has 2 N–H and O–H groups in total. The minimum absolute atomic E-state index is 0.0348. The van der Waals surface area contributed by atoms with Crippen LogP contribution in [-0.2, 0) is 21.9 Å². The maximum Gasteiger partial charge on any atom is 0.416 e. The molecule has 0 saturated carbocycles. The van der Waals surface area contributed by atoms with Crippen LogP contribution in [0.1, 0.15) is 29.7 Å². The second kappa shape index (κ2) is 6.54. The van der Waals surface area contributed by atoms with Crippen molar-refractivity contribution in [2.24, 2.45) is 5.73 Å². The number of benzene rings is 1. The second-order valence-electron chi connectivity index (χ2n) is 4.66. The molecule has 3 nitrogen and oxygen atoms in total. The first-order valence-electron chi connectivity index (χ1n) is 6.31. The molecule has 0 amide bonds. The zero-order valence-corrected chi connectivity index (χ0v) is 11.9. The van der Waals surface area contributed by atoms with Crippen molar-refractivity contribution in [2.75, 3.05) is 6.61 Å². The van der Waals surface area contributed by atoms with E-state index in [4.69, 9.17) is 5.73 Å². The van der Waals surface area contributed by atoms with Crippen LogP contribution >= 0.6 is 0 Å². The van der Waals surface area contributed by atoms with E-state index in [1.165, 1.54) is 6.92 Å². The summed E-state index contributed by atoms with van der Waals surface area (Å²) in [6.45, 7) is 0.711. The third kappa shape index (κ3) is 4.34. The standard InChI is InChI=1S/C13H11F8NO2/c1-2-24-10(23)11(14,15)9(22)6-3-7(12(16,17)18)5-8(4-6)13(19,20)21/h3-5,9H,2,22H2,1H3/t9-/m0/s1. The van der Waals surface area contributed by atoms with Gasteiger partial charge in [0.05, 0.1) is 17.7 Å². The van der Waals surface area contributed by atoms with Crippen LogP contribution in [0.4, 0.5) is 35.1 Å². The molecule has 0 fully saturated rings. The van der Waals surface area contributed by atoms with E-state index in [0.29, 0.717) is 0 Å². The highest BCUT2D eigenvalue weighted by Crippen LogP contribution is 2.39. The summed E-state index contributed by atoms with van der Waals surface area (Å²) in [5.41, 5.74) is 0.210. The van der Waals surface area contributed by atoms with Crippen LogP contribution < -0.4 is 5.73 Å². The van der Waals surface area contributed by atoms with Gasteiger partial charge < -0.3 is 10.5 Å². The molecule has 1 atom stereocenters. The summed E-state index contributed by atoms with van der Waals surface area (Å²) in [7, 11) is 0.